The van der Waals surface area contributed by atoms with Gasteiger partial charge in [0.1, 0.15) is 0 Å². The van der Waals surface area contributed by atoms with E-state index < -0.39 is 0 Å². The molecule has 1 atom stereocenters. The summed E-state index contributed by atoms with van der Waals surface area (Å²) in [5, 5.41) is 3.02. The Labute approximate surface area is 60.6 Å². The van der Waals surface area contributed by atoms with Gasteiger partial charge in [-0.3, -0.25) is 0 Å². The summed E-state index contributed by atoms with van der Waals surface area (Å²) in [5.74, 6) is 0. The Kier molecular flexibility index (Phi) is 2.48. The molecule has 0 aliphatic heterocycles. The average molecular weight is 139 g/mol. The van der Waals surface area contributed by atoms with Crippen molar-refractivity contribution in [3.05, 3.63) is 24.0 Å². The Morgan fingerprint density at radius 3 is 3.10 bits per heavy atom. The molecular weight excluding hydrogens is 126 g/mol. The standard InChI is InChI=1S/C7H13N3/c1-9-5-7(8)6-2-3-10-4-6/h2-4,7,9-10H,5,8H2,1H3. The van der Waals surface area contributed by atoms with Crippen LogP contribution in [0.4, 0.5) is 0 Å². The Morgan fingerprint density at radius 1 is 1.80 bits per heavy atom. The van der Waals surface area contributed by atoms with E-state index in [-0.39, 0.29) is 6.04 Å². The summed E-state index contributed by atoms with van der Waals surface area (Å²) in [6, 6.07) is 2.10. The van der Waals surface area contributed by atoms with Crippen molar-refractivity contribution < 1.29 is 0 Å². The van der Waals surface area contributed by atoms with Crippen molar-refractivity contribution in [3.8, 4) is 0 Å². The van der Waals surface area contributed by atoms with Gasteiger partial charge in [0, 0.05) is 25.0 Å². The Bertz CT molecular complexity index is 169. The zero-order chi connectivity index (χ0) is 7.40. The lowest BCUT2D eigenvalue weighted by atomic mass is 10.2. The second-order valence-corrected chi connectivity index (χ2v) is 2.31. The molecule has 0 fully saturated rings. The van der Waals surface area contributed by atoms with E-state index in [0.717, 1.165) is 12.1 Å². The first-order valence-corrected chi connectivity index (χ1v) is 3.37. The van der Waals surface area contributed by atoms with Crippen LogP contribution in [0.1, 0.15) is 11.6 Å². The minimum atomic E-state index is 0.108. The Balaban J connectivity index is 2.50. The molecule has 3 nitrogen and oxygen atoms in total. The lowest BCUT2D eigenvalue weighted by Crippen LogP contribution is -2.23. The van der Waals surface area contributed by atoms with Crippen LogP contribution in [0.2, 0.25) is 0 Å². The zero-order valence-electron chi connectivity index (χ0n) is 6.09. The average Bonchev–Trinajstić information content (AvgIpc) is 2.38. The van der Waals surface area contributed by atoms with Crippen molar-refractivity contribution in [1.29, 1.82) is 0 Å². The maximum absolute atomic E-state index is 5.77. The van der Waals surface area contributed by atoms with E-state index >= 15 is 0 Å². The predicted octanol–water partition coefficient (Wildman–Crippen LogP) is 0.234. The molecule has 3 heteroatoms. The third kappa shape index (κ3) is 1.59. The van der Waals surface area contributed by atoms with Gasteiger partial charge in [0.25, 0.3) is 0 Å². The maximum Gasteiger partial charge on any atom is 0.0436 e. The highest BCUT2D eigenvalue weighted by Crippen LogP contribution is 2.05. The number of aromatic amines is 1. The van der Waals surface area contributed by atoms with Gasteiger partial charge in [0.15, 0.2) is 0 Å². The van der Waals surface area contributed by atoms with E-state index in [1.54, 1.807) is 0 Å². The Morgan fingerprint density at radius 2 is 2.60 bits per heavy atom. The number of H-pyrrole nitrogens is 1. The second kappa shape index (κ2) is 3.39. The molecule has 0 aromatic carbocycles. The predicted molar refractivity (Wildman–Crippen MR) is 41.6 cm³/mol. The molecule has 1 heterocycles. The quantitative estimate of drug-likeness (QED) is 0.561. The summed E-state index contributed by atoms with van der Waals surface area (Å²) in [7, 11) is 1.90. The number of likely N-dealkylation sites (N-methyl/N-ethyl adjacent to an activating group) is 1. The number of nitrogens with two attached hydrogens (primary N) is 1. The molecule has 0 aliphatic rings. The van der Waals surface area contributed by atoms with Crippen LogP contribution in [0.3, 0.4) is 0 Å². The number of nitrogens with one attached hydrogen (secondary N) is 2. The monoisotopic (exact) mass is 139 g/mol. The first-order valence-electron chi connectivity index (χ1n) is 3.37. The molecule has 10 heavy (non-hydrogen) atoms. The van der Waals surface area contributed by atoms with E-state index in [4.69, 9.17) is 5.73 Å². The summed E-state index contributed by atoms with van der Waals surface area (Å²) >= 11 is 0. The van der Waals surface area contributed by atoms with Gasteiger partial charge in [0.05, 0.1) is 0 Å². The SMILES string of the molecule is CNCC(N)c1cc[nH]c1. The van der Waals surface area contributed by atoms with Crippen LogP contribution in [0.25, 0.3) is 0 Å². The third-order valence-corrected chi connectivity index (χ3v) is 1.47. The highest BCUT2D eigenvalue weighted by Gasteiger charge is 2.02. The molecule has 0 amide bonds. The van der Waals surface area contributed by atoms with E-state index in [2.05, 4.69) is 10.3 Å². The van der Waals surface area contributed by atoms with E-state index in [9.17, 15) is 0 Å². The fourth-order valence-electron chi connectivity index (χ4n) is 0.905. The highest BCUT2D eigenvalue weighted by molar-refractivity contribution is 5.13. The van der Waals surface area contributed by atoms with Crippen molar-refractivity contribution in [3.63, 3.8) is 0 Å². The van der Waals surface area contributed by atoms with Gasteiger partial charge >= 0.3 is 0 Å². The van der Waals surface area contributed by atoms with Gasteiger partial charge in [-0.05, 0) is 18.7 Å². The summed E-state index contributed by atoms with van der Waals surface area (Å²) in [4.78, 5) is 2.96. The van der Waals surface area contributed by atoms with Gasteiger partial charge in [0.2, 0.25) is 0 Å². The molecule has 0 aliphatic carbocycles. The molecule has 1 aromatic rings. The normalized spacial score (nSPS) is 13.4. The van der Waals surface area contributed by atoms with Crippen LogP contribution < -0.4 is 11.1 Å². The first-order chi connectivity index (χ1) is 4.84. The summed E-state index contributed by atoms with van der Waals surface area (Å²) in [6.45, 7) is 0.817. The molecule has 0 spiro atoms. The van der Waals surface area contributed by atoms with Crippen LogP contribution in [-0.4, -0.2) is 18.6 Å². The van der Waals surface area contributed by atoms with E-state index in [1.807, 2.05) is 25.5 Å². The number of rotatable bonds is 3. The molecule has 0 saturated heterocycles. The van der Waals surface area contributed by atoms with Crippen LogP contribution in [0, 0.1) is 0 Å². The largest absolute Gasteiger partial charge is 0.367 e. The third-order valence-electron chi connectivity index (χ3n) is 1.47. The number of hydrogen-bond donors (Lipinski definition) is 3. The van der Waals surface area contributed by atoms with Crippen LogP contribution in [0.15, 0.2) is 18.5 Å². The molecule has 1 unspecified atom stereocenters. The zero-order valence-corrected chi connectivity index (χ0v) is 6.09. The van der Waals surface area contributed by atoms with Crippen LogP contribution in [-0.2, 0) is 0 Å². The molecule has 4 N–H and O–H groups in total. The molecule has 1 aromatic heterocycles. The minimum Gasteiger partial charge on any atom is -0.367 e. The molecule has 0 radical (unpaired) electrons. The lowest BCUT2D eigenvalue weighted by Gasteiger charge is -2.07. The molecule has 56 valence electrons. The molecule has 0 bridgehead atoms. The van der Waals surface area contributed by atoms with Crippen molar-refractivity contribution in [1.82, 2.24) is 10.3 Å². The highest BCUT2D eigenvalue weighted by atomic mass is 14.9. The fourth-order valence-corrected chi connectivity index (χ4v) is 0.905. The number of hydrogen-bond acceptors (Lipinski definition) is 2. The van der Waals surface area contributed by atoms with Crippen LogP contribution >= 0.6 is 0 Å². The van der Waals surface area contributed by atoms with Gasteiger partial charge in [-0.2, -0.15) is 0 Å². The lowest BCUT2D eigenvalue weighted by molar-refractivity contribution is 0.654. The van der Waals surface area contributed by atoms with Gasteiger partial charge in [-0.25, -0.2) is 0 Å². The molecule has 1 rings (SSSR count). The molecular formula is C7H13N3. The summed E-state index contributed by atoms with van der Waals surface area (Å²) in [5.41, 5.74) is 6.92. The Hall–Kier alpha value is -0.800. The van der Waals surface area contributed by atoms with Gasteiger partial charge in [-0.1, -0.05) is 0 Å². The van der Waals surface area contributed by atoms with E-state index in [1.165, 1.54) is 0 Å². The van der Waals surface area contributed by atoms with Crippen LogP contribution in [0.5, 0.6) is 0 Å². The van der Waals surface area contributed by atoms with E-state index in [0.29, 0.717) is 0 Å². The fraction of sp³-hybridized carbons (Fsp3) is 0.429. The smallest absolute Gasteiger partial charge is 0.0436 e. The second-order valence-electron chi connectivity index (χ2n) is 2.31. The van der Waals surface area contributed by atoms with Crippen molar-refractivity contribution >= 4 is 0 Å². The summed E-state index contributed by atoms with van der Waals surface area (Å²) in [6.07, 6.45) is 3.80. The minimum absolute atomic E-state index is 0.108. The first kappa shape index (κ1) is 7.31. The molecule has 0 saturated carbocycles. The van der Waals surface area contributed by atoms with Gasteiger partial charge < -0.3 is 16.0 Å². The van der Waals surface area contributed by atoms with Crippen molar-refractivity contribution in [2.24, 2.45) is 5.73 Å². The topological polar surface area (TPSA) is 53.8 Å². The maximum atomic E-state index is 5.77. The van der Waals surface area contributed by atoms with Gasteiger partial charge in [-0.15, -0.1) is 0 Å². The number of aromatic nitrogens is 1. The van der Waals surface area contributed by atoms with Crippen molar-refractivity contribution in [2.75, 3.05) is 13.6 Å². The summed E-state index contributed by atoms with van der Waals surface area (Å²) < 4.78 is 0. The van der Waals surface area contributed by atoms with Crippen molar-refractivity contribution in [2.45, 2.75) is 6.04 Å².